The lowest BCUT2D eigenvalue weighted by molar-refractivity contribution is -0.141. The van der Waals surface area contributed by atoms with Crippen LogP contribution in [0.5, 0.6) is 5.75 Å². The lowest BCUT2D eigenvalue weighted by Crippen LogP contribution is -2.31. The zero-order chi connectivity index (χ0) is 28.5. The largest absolute Gasteiger partial charge is 0.495 e. The van der Waals surface area contributed by atoms with E-state index in [0.29, 0.717) is 40.8 Å². The summed E-state index contributed by atoms with van der Waals surface area (Å²) in [5.74, 6) is -0.278. The van der Waals surface area contributed by atoms with Crippen molar-refractivity contribution in [2.45, 2.75) is 53.0 Å². The van der Waals surface area contributed by atoms with Crippen LogP contribution in [0.1, 0.15) is 56.0 Å². The number of carbonyl (C=O) groups excluding carboxylic acids is 2. The van der Waals surface area contributed by atoms with Gasteiger partial charge < -0.3 is 30.2 Å². The molecule has 3 aromatic rings. The van der Waals surface area contributed by atoms with E-state index in [2.05, 4.69) is 20.9 Å². The van der Waals surface area contributed by atoms with Gasteiger partial charge in [0.25, 0.3) is 0 Å². The lowest BCUT2D eigenvalue weighted by atomic mass is 10.0. The molecule has 1 aromatic heterocycles. The smallest absolute Gasteiger partial charge is 0.323 e. The highest BCUT2D eigenvalue weighted by atomic mass is 16.5. The van der Waals surface area contributed by atoms with Gasteiger partial charge in [0.15, 0.2) is 0 Å². The van der Waals surface area contributed by atoms with Crippen LogP contribution in [0, 0.1) is 18.8 Å². The molecule has 3 amide bonds. The number of benzene rings is 2. The van der Waals surface area contributed by atoms with Gasteiger partial charge in [-0.05, 0) is 48.6 Å². The molecule has 0 aliphatic rings. The quantitative estimate of drug-likeness (QED) is 0.244. The Hall–Kier alpha value is -4.34. The van der Waals surface area contributed by atoms with Gasteiger partial charge in [-0.2, -0.15) is 0 Å². The van der Waals surface area contributed by atoms with E-state index in [-0.39, 0.29) is 24.7 Å². The molecule has 0 saturated heterocycles. The molecular formula is C29H36N4O6. The number of carboxylic acid groups (broad SMARTS) is 1. The van der Waals surface area contributed by atoms with Crippen LogP contribution in [0.15, 0.2) is 53.1 Å². The van der Waals surface area contributed by atoms with Crippen LogP contribution in [-0.4, -0.2) is 35.1 Å². The van der Waals surface area contributed by atoms with Gasteiger partial charge >= 0.3 is 12.0 Å². The van der Waals surface area contributed by atoms with Crippen molar-refractivity contribution in [2.24, 2.45) is 11.8 Å². The zero-order valence-electron chi connectivity index (χ0n) is 22.9. The molecule has 4 N–H and O–H groups in total. The van der Waals surface area contributed by atoms with Crippen molar-refractivity contribution >= 4 is 29.3 Å². The number of methoxy groups -OCH3 is 1. The Morgan fingerprint density at radius 2 is 1.77 bits per heavy atom. The second kappa shape index (κ2) is 13.5. The first kappa shape index (κ1) is 29.2. The fraction of sp³-hybridized carbons (Fsp3) is 0.379. The molecule has 2 atom stereocenters. The fourth-order valence-electron chi connectivity index (χ4n) is 4.03. The van der Waals surface area contributed by atoms with Gasteiger partial charge in [-0.3, -0.25) is 9.59 Å². The minimum Gasteiger partial charge on any atom is -0.495 e. The molecule has 0 bridgehead atoms. The summed E-state index contributed by atoms with van der Waals surface area (Å²) in [5.41, 5.74) is 2.80. The molecule has 10 heteroatoms. The van der Waals surface area contributed by atoms with E-state index in [9.17, 15) is 14.4 Å². The lowest BCUT2D eigenvalue weighted by Gasteiger charge is -2.18. The number of aliphatic carboxylic acids is 1. The number of amides is 3. The number of hydrogen-bond donors (Lipinski definition) is 4. The third-order valence-corrected chi connectivity index (χ3v) is 6.11. The van der Waals surface area contributed by atoms with Crippen molar-refractivity contribution in [3.05, 3.63) is 71.4 Å². The standard InChI is InChI=1S/C29H36N4O6/c1-17(2)12-24(27-30-16-21(39-27)13-19(4)28(35)36)31-26(34)15-20-10-11-23(25(14-20)38-5)33-29(37)32-22-9-7-6-8-18(22)3/h6-11,14,16-17,19,24H,12-13,15H2,1-5H3,(H,31,34)(H,35,36)(H2,32,33,37). The van der Waals surface area contributed by atoms with E-state index in [4.69, 9.17) is 14.3 Å². The van der Waals surface area contributed by atoms with Gasteiger partial charge in [-0.25, -0.2) is 9.78 Å². The summed E-state index contributed by atoms with van der Waals surface area (Å²) in [4.78, 5) is 41.0. The summed E-state index contributed by atoms with van der Waals surface area (Å²) in [6.07, 6.45) is 2.40. The highest BCUT2D eigenvalue weighted by molar-refractivity contribution is 6.01. The molecule has 3 rings (SSSR count). The molecule has 2 aromatic carbocycles. The molecule has 0 radical (unpaired) electrons. The number of hydrogen-bond acceptors (Lipinski definition) is 6. The minimum atomic E-state index is -0.913. The number of nitrogens with zero attached hydrogens (tertiary/aromatic N) is 1. The average molecular weight is 537 g/mol. The van der Waals surface area contributed by atoms with Gasteiger partial charge in [0.2, 0.25) is 11.8 Å². The normalized spacial score (nSPS) is 12.5. The van der Waals surface area contributed by atoms with Crippen LogP contribution in [0.25, 0.3) is 0 Å². The number of oxazole rings is 1. The maximum absolute atomic E-state index is 13.0. The number of carboxylic acids is 1. The number of anilines is 2. The Kier molecular flexibility index (Phi) is 10.1. The van der Waals surface area contributed by atoms with Crippen LogP contribution in [0.4, 0.5) is 16.2 Å². The summed E-state index contributed by atoms with van der Waals surface area (Å²) in [7, 11) is 1.49. The molecule has 0 saturated carbocycles. The summed E-state index contributed by atoms with van der Waals surface area (Å²) in [5, 5.41) is 17.7. The number of carbonyl (C=O) groups is 3. The van der Waals surface area contributed by atoms with Gasteiger partial charge in [0.1, 0.15) is 17.6 Å². The molecule has 1 heterocycles. The average Bonchev–Trinajstić information content (AvgIpc) is 3.34. The summed E-state index contributed by atoms with van der Waals surface area (Å²) < 4.78 is 11.3. The molecule has 0 spiro atoms. The Balaban J connectivity index is 1.65. The van der Waals surface area contributed by atoms with Crippen LogP contribution in [0.2, 0.25) is 0 Å². The molecule has 0 aliphatic heterocycles. The van der Waals surface area contributed by atoms with Crippen molar-refractivity contribution < 1.29 is 28.6 Å². The van der Waals surface area contributed by atoms with Gasteiger partial charge in [-0.15, -0.1) is 0 Å². The fourth-order valence-corrected chi connectivity index (χ4v) is 4.03. The topological polar surface area (TPSA) is 143 Å². The molecule has 2 unspecified atom stereocenters. The second-order valence-corrected chi connectivity index (χ2v) is 9.96. The SMILES string of the molecule is COc1cc(CC(=O)NC(CC(C)C)c2ncc(CC(C)C(=O)O)o2)ccc1NC(=O)Nc1ccccc1C. The molecule has 0 aliphatic carbocycles. The van der Waals surface area contributed by atoms with Crippen molar-refractivity contribution in [1.82, 2.24) is 10.3 Å². The van der Waals surface area contributed by atoms with E-state index < -0.39 is 24.0 Å². The van der Waals surface area contributed by atoms with Crippen LogP contribution < -0.4 is 20.7 Å². The number of aryl methyl sites for hydroxylation is 1. The van der Waals surface area contributed by atoms with E-state index in [1.54, 1.807) is 25.1 Å². The number of nitrogens with one attached hydrogen (secondary N) is 3. The Bertz CT molecular complexity index is 1300. The van der Waals surface area contributed by atoms with Gasteiger partial charge in [0.05, 0.1) is 31.3 Å². The number of rotatable bonds is 12. The van der Waals surface area contributed by atoms with Gasteiger partial charge in [-0.1, -0.05) is 45.0 Å². The van der Waals surface area contributed by atoms with E-state index >= 15 is 0 Å². The maximum atomic E-state index is 13.0. The van der Waals surface area contributed by atoms with Crippen LogP contribution in [0.3, 0.4) is 0 Å². The predicted molar refractivity (Wildman–Crippen MR) is 148 cm³/mol. The zero-order valence-corrected chi connectivity index (χ0v) is 22.9. The maximum Gasteiger partial charge on any atom is 0.323 e. The van der Waals surface area contributed by atoms with Crippen molar-refractivity contribution in [3.63, 3.8) is 0 Å². The second-order valence-electron chi connectivity index (χ2n) is 9.96. The summed E-state index contributed by atoms with van der Waals surface area (Å²) in [6, 6.07) is 11.7. The van der Waals surface area contributed by atoms with Crippen molar-refractivity contribution in [1.29, 1.82) is 0 Å². The highest BCUT2D eigenvalue weighted by Crippen LogP contribution is 2.27. The number of aromatic nitrogens is 1. The van der Waals surface area contributed by atoms with E-state index in [0.717, 1.165) is 5.56 Å². The summed E-state index contributed by atoms with van der Waals surface area (Å²) in [6.45, 7) is 7.56. The monoisotopic (exact) mass is 536 g/mol. The number of ether oxygens (including phenoxy) is 1. The summed E-state index contributed by atoms with van der Waals surface area (Å²) >= 11 is 0. The first-order valence-electron chi connectivity index (χ1n) is 12.8. The molecular weight excluding hydrogens is 500 g/mol. The molecule has 39 heavy (non-hydrogen) atoms. The molecule has 0 fully saturated rings. The van der Waals surface area contributed by atoms with E-state index in [1.807, 2.05) is 45.0 Å². The van der Waals surface area contributed by atoms with Crippen LogP contribution >= 0.6 is 0 Å². The molecule has 208 valence electrons. The van der Waals surface area contributed by atoms with Gasteiger partial charge in [0, 0.05) is 12.1 Å². The number of para-hydroxylation sites is 1. The van der Waals surface area contributed by atoms with Crippen molar-refractivity contribution in [3.8, 4) is 5.75 Å². The van der Waals surface area contributed by atoms with E-state index in [1.165, 1.54) is 13.3 Å². The highest BCUT2D eigenvalue weighted by Gasteiger charge is 2.23. The van der Waals surface area contributed by atoms with Crippen LogP contribution in [-0.2, 0) is 22.4 Å². The predicted octanol–water partition coefficient (Wildman–Crippen LogP) is 5.34. The minimum absolute atomic E-state index is 0.0737. The third kappa shape index (κ3) is 8.59. The number of urea groups is 1. The molecule has 10 nitrogen and oxygen atoms in total. The Morgan fingerprint density at radius 1 is 1.05 bits per heavy atom. The Labute approximate surface area is 228 Å². The third-order valence-electron chi connectivity index (χ3n) is 6.11. The Morgan fingerprint density at radius 3 is 2.44 bits per heavy atom. The van der Waals surface area contributed by atoms with Crippen molar-refractivity contribution in [2.75, 3.05) is 17.7 Å². The first-order valence-corrected chi connectivity index (χ1v) is 12.8. The first-order chi connectivity index (χ1) is 18.5.